The minimum atomic E-state index is -0.821. The molecule has 1 aromatic carbocycles. The van der Waals surface area contributed by atoms with Crippen molar-refractivity contribution >= 4 is 17.5 Å². The summed E-state index contributed by atoms with van der Waals surface area (Å²) in [5.41, 5.74) is 5.59. The number of hydrogen-bond donors (Lipinski definition) is 1. The van der Waals surface area contributed by atoms with E-state index in [-0.39, 0.29) is 12.2 Å². The van der Waals surface area contributed by atoms with Gasteiger partial charge in [0.1, 0.15) is 5.38 Å². The van der Waals surface area contributed by atoms with Gasteiger partial charge in [0.2, 0.25) is 5.91 Å². The topological polar surface area (TPSA) is 52.3 Å². The SMILES string of the molecule is COc1ccc(CC(Cl)C(N)=O)cc1F. The zero-order valence-corrected chi connectivity index (χ0v) is 8.92. The average Bonchev–Trinajstić information content (AvgIpc) is 2.18. The van der Waals surface area contributed by atoms with Crippen molar-refractivity contribution in [1.82, 2.24) is 0 Å². The number of benzene rings is 1. The molecule has 0 aliphatic carbocycles. The molecule has 2 N–H and O–H groups in total. The first-order valence-corrected chi connectivity index (χ1v) is 4.74. The minimum Gasteiger partial charge on any atom is -0.494 e. The first kappa shape index (κ1) is 11.8. The fourth-order valence-electron chi connectivity index (χ4n) is 1.14. The fourth-order valence-corrected chi connectivity index (χ4v) is 1.32. The fraction of sp³-hybridized carbons (Fsp3) is 0.300. The van der Waals surface area contributed by atoms with Gasteiger partial charge in [0, 0.05) is 0 Å². The van der Waals surface area contributed by atoms with Crippen LogP contribution in [0.25, 0.3) is 0 Å². The Morgan fingerprint density at radius 1 is 1.67 bits per heavy atom. The van der Waals surface area contributed by atoms with Gasteiger partial charge in [-0.15, -0.1) is 11.6 Å². The summed E-state index contributed by atoms with van der Waals surface area (Å²) >= 11 is 5.65. The molecule has 0 bridgehead atoms. The lowest BCUT2D eigenvalue weighted by atomic mass is 10.1. The molecule has 0 heterocycles. The zero-order valence-electron chi connectivity index (χ0n) is 8.17. The Balaban J connectivity index is 2.79. The Bertz CT molecular complexity index is 370. The lowest BCUT2D eigenvalue weighted by molar-refractivity contribution is -0.117. The largest absolute Gasteiger partial charge is 0.494 e. The molecule has 0 saturated heterocycles. The van der Waals surface area contributed by atoms with E-state index in [4.69, 9.17) is 22.1 Å². The first-order valence-electron chi connectivity index (χ1n) is 4.30. The summed E-state index contributed by atoms with van der Waals surface area (Å²) in [6.45, 7) is 0. The van der Waals surface area contributed by atoms with Crippen LogP contribution in [0, 0.1) is 5.82 Å². The highest BCUT2D eigenvalue weighted by Crippen LogP contribution is 2.19. The normalized spacial score (nSPS) is 12.2. The van der Waals surface area contributed by atoms with Crippen LogP contribution >= 0.6 is 11.6 Å². The van der Waals surface area contributed by atoms with Crippen molar-refractivity contribution in [2.24, 2.45) is 5.73 Å². The van der Waals surface area contributed by atoms with Crippen LogP contribution in [-0.2, 0) is 11.2 Å². The molecule has 82 valence electrons. The van der Waals surface area contributed by atoms with E-state index in [9.17, 15) is 9.18 Å². The van der Waals surface area contributed by atoms with Gasteiger partial charge in [-0.1, -0.05) is 6.07 Å². The molecule has 1 aromatic rings. The average molecular weight is 232 g/mol. The molecular weight excluding hydrogens is 221 g/mol. The summed E-state index contributed by atoms with van der Waals surface area (Å²) in [5, 5.41) is -0.821. The van der Waals surface area contributed by atoms with Crippen LogP contribution in [0.4, 0.5) is 4.39 Å². The van der Waals surface area contributed by atoms with Crippen molar-refractivity contribution < 1.29 is 13.9 Å². The van der Waals surface area contributed by atoms with Crippen LogP contribution in [0.5, 0.6) is 5.75 Å². The van der Waals surface area contributed by atoms with E-state index < -0.39 is 17.1 Å². The molecule has 1 amide bonds. The third-order valence-electron chi connectivity index (χ3n) is 1.94. The van der Waals surface area contributed by atoms with Gasteiger partial charge < -0.3 is 10.5 Å². The summed E-state index contributed by atoms with van der Waals surface area (Å²) in [6, 6.07) is 4.40. The molecule has 0 fully saturated rings. The lowest BCUT2D eigenvalue weighted by Crippen LogP contribution is -2.25. The molecule has 0 aliphatic rings. The van der Waals surface area contributed by atoms with Crippen LogP contribution in [0.2, 0.25) is 0 Å². The summed E-state index contributed by atoms with van der Waals surface area (Å²) in [7, 11) is 1.38. The van der Waals surface area contributed by atoms with Gasteiger partial charge in [0.25, 0.3) is 0 Å². The number of halogens is 2. The summed E-state index contributed by atoms with van der Waals surface area (Å²) in [4.78, 5) is 10.7. The molecule has 1 atom stereocenters. The summed E-state index contributed by atoms with van der Waals surface area (Å²) in [6.07, 6.45) is 0.206. The van der Waals surface area contributed by atoms with E-state index in [0.717, 1.165) is 0 Å². The van der Waals surface area contributed by atoms with E-state index in [1.807, 2.05) is 0 Å². The maximum absolute atomic E-state index is 13.2. The Morgan fingerprint density at radius 2 is 2.33 bits per heavy atom. The third-order valence-corrected chi connectivity index (χ3v) is 2.31. The van der Waals surface area contributed by atoms with Crippen molar-refractivity contribution in [3.63, 3.8) is 0 Å². The number of rotatable bonds is 4. The summed E-state index contributed by atoms with van der Waals surface area (Å²) in [5.74, 6) is -0.944. The standard InChI is InChI=1S/C10H11ClFNO2/c1-15-9-3-2-6(5-8(9)12)4-7(11)10(13)14/h2-3,5,7H,4H2,1H3,(H2,13,14). The second kappa shape index (κ2) is 4.98. The molecule has 0 radical (unpaired) electrons. The first-order chi connectivity index (χ1) is 7.04. The van der Waals surface area contributed by atoms with Crippen molar-refractivity contribution in [3.8, 4) is 5.75 Å². The number of alkyl halides is 1. The van der Waals surface area contributed by atoms with Gasteiger partial charge in [0.05, 0.1) is 7.11 Å². The van der Waals surface area contributed by atoms with E-state index in [0.29, 0.717) is 5.56 Å². The highest BCUT2D eigenvalue weighted by atomic mass is 35.5. The van der Waals surface area contributed by atoms with Gasteiger partial charge in [-0.25, -0.2) is 4.39 Å². The number of carbonyl (C=O) groups excluding carboxylic acids is 1. The molecular formula is C10H11ClFNO2. The van der Waals surface area contributed by atoms with Crippen molar-refractivity contribution in [2.75, 3.05) is 7.11 Å². The predicted octanol–water partition coefficient (Wildman–Crippen LogP) is 1.47. The molecule has 0 spiro atoms. The number of ether oxygens (including phenoxy) is 1. The molecule has 0 aromatic heterocycles. The number of carbonyl (C=O) groups is 1. The number of nitrogens with two attached hydrogens (primary N) is 1. The van der Waals surface area contributed by atoms with Gasteiger partial charge in [-0.3, -0.25) is 4.79 Å². The number of amides is 1. The van der Waals surface area contributed by atoms with Gasteiger partial charge in [0.15, 0.2) is 11.6 Å². The number of primary amides is 1. The van der Waals surface area contributed by atoms with Gasteiger partial charge in [-0.2, -0.15) is 0 Å². The Kier molecular flexibility index (Phi) is 3.91. The smallest absolute Gasteiger partial charge is 0.235 e. The molecule has 0 aliphatic heterocycles. The highest BCUT2D eigenvalue weighted by Gasteiger charge is 2.13. The van der Waals surface area contributed by atoms with Crippen molar-refractivity contribution in [1.29, 1.82) is 0 Å². The van der Waals surface area contributed by atoms with Crippen LogP contribution in [-0.4, -0.2) is 18.4 Å². The zero-order chi connectivity index (χ0) is 11.4. The lowest BCUT2D eigenvalue weighted by Gasteiger charge is -2.07. The van der Waals surface area contributed by atoms with Crippen molar-refractivity contribution in [2.45, 2.75) is 11.8 Å². The number of hydrogen-bond acceptors (Lipinski definition) is 2. The second-order valence-corrected chi connectivity index (χ2v) is 3.57. The van der Waals surface area contributed by atoms with Crippen LogP contribution in [0.1, 0.15) is 5.56 Å². The maximum atomic E-state index is 13.2. The Morgan fingerprint density at radius 3 is 2.80 bits per heavy atom. The Hall–Kier alpha value is -1.29. The number of methoxy groups -OCH3 is 1. The van der Waals surface area contributed by atoms with Crippen LogP contribution in [0.3, 0.4) is 0 Å². The Labute approximate surface area is 92.0 Å². The monoisotopic (exact) mass is 231 g/mol. The maximum Gasteiger partial charge on any atom is 0.235 e. The molecule has 0 saturated carbocycles. The second-order valence-electron chi connectivity index (χ2n) is 3.04. The van der Waals surface area contributed by atoms with Gasteiger partial charge in [-0.05, 0) is 24.1 Å². The molecule has 3 nitrogen and oxygen atoms in total. The molecule has 15 heavy (non-hydrogen) atoms. The van der Waals surface area contributed by atoms with Gasteiger partial charge >= 0.3 is 0 Å². The molecule has 1 unspecified atom stereocenters. The van der Waals surface area contributed by atoms with Crippen LogP contribution < -0.4 is 10.5 Å². The molecule has 5 heteroatoms. The predicted molar refractivity (Wildman–Crippen MR) is 55.5 cm³/mol. The quantitative estimate of drug-likeness (QED) is 0.798. The summed E-state index contributed by atoms with van der Waals surface area (Å²) < 4.78 is 18.0. The third kappa shape index (κ3) is 3.09. The molecule has 1 rings (SSSR count). The highest BCUT2D eigenvalue weighted by molar-refractivity contribution is 6.30. The minimum absolute atomic E-state index is 0.156. The van der Waals surface area contributed by atoms with E-state index in [1.165, 1.54) is 19.2 Å². The van der Waals surface area contributed by atoms with E-state index in [2.05, 4.69) is 0 Å². The van der Waals surface area contributed by atoms with E-state index >= 15 is 0 Å². The van der Waals surface area contributed by atoms with Crippen LogP contribution in [0.15, 0.2) is 18.2 Å². The van der Waals surface area contributed by atoms with E-state index in [1.54, 1.807) is 6.07 Å². The van der Waals surface area contributed by atoms with Crippen molar-refractivity contribution in [3.05, 3.63) is 29.6 Å².